The summed E-state index contributed by atoms with van der Waals surface area (Å²) in [4.78, 5) is 33.8. The molecular formula is C41H70NO8P. The molecule has 10 heteroatoms. The number of aliphatic hydroxyl groups excluding tert-OH is 1. The van der Waals surface area contributed by atoms with Crippen molar-refractivity contribution in [3.63, 3.8) is 0 Å². The van der Waals surface area contributed by atoms with Gasteiger partial charge in [-0.15, -0.1) is 0 Å². The second-order valence-corrected chi connectivity index (χ2v) is 14.0. The summed E-state index contributed by atoms with van der Waals surface area (Å²) in [7, 11) is -4.43. The molecule has 0 aromatic rings. The van der Waals surface area contributed by atoms with Crippen molar-refractivity contribution in [3.8, 4) is 0 Å². The molecule has 51 heavy (non-hydrogen) atoms. The monoisotopic (exact) mass is 735 g/mol. The molecule has 292 valence electrons. The summed E-state index contributed by atoms with van der Waals surface area (Å²) >= 11 is 0. The van der Waals surface area contributed by atoms with Crippen molar-refractivity contribution in [2.75, 3.05) is 26.4 Å². The molecule has 3 N–H and O–H groups in total. The van der Waals surface area contributed by atoms with E-state index in [1.54, 1.807) is 0 Å². The number of esters is 1. The van der Waals surface area contributed by atoms with Gasteiger partial charge in [-0.25, -0.2) is 4.57 Å². The third-order valence-corrected chi connectivity index (χ3v) is 8.60. The van der Waals surface area contributed by atoms with Crippen molar-refractivity contribution in [2.45, 2.75) is 148 Å². The van der Waals surface area contributed by atoms with Crippen molar-refractivity contribution in [3.05, 3.63) is 72.9 Å². The second kappa shape index (κ2) is 37.2. The number of phosphoric acid groups is 1. The van der Waals surface area contributed by atoms with E-state index in [2.05, 4.69) is 92.1 Å². The summed E-state index contributed by atoms with van der Waals surface area (Å²) in [6.07, 6.45) is 44.0. The molecule has 0 spiro atoms. The van der Waals surface area contributed by atoms with Gasteiger partial charge in [0.05, 0.1) is 13.2 Å². The van der Waals surface area contributed by atoms with Gasteiger partial charge in [-0.3, -0.25) is 18.6 Å². The second-order valence-electron chi connectivity index (χ2n) is 12.5. The van der Waals surface area contributed by atoms with Crippen LogP contribution in [-0.4, -0.2) is 54.3 Å². The maximum atomic E-state index is 12.1. The predicted molar refractivity (Wildman–Crippen MR) is 210 cm³/mol. The fraction of sp³-hybridized carbons (Fsp3) is 0.659. The smallest absolute Gasteiger partial charge is 0.463 e. The first kappa shape index (κ1) is 48.5. The number of amides is 1. The first-order valence-electron chi connectivity index (χ1n) is 19.4. The van der Waals surface area contributed by atoms with Crippen LogP contribution in [0.3, 0.4) is 0 Å². The largest absolute Gasteiger partial charge is 0.472 e. The Bertz CT molecular complexity index is 1070. The number of phosphoric ester groups is 1. The number of carbonyl (C=O) groups is 2. The van der Waals surface area contributed by atoms with Crippen LogP contribution in [0.1, 0.15) is 142 Å². The van der Waals surface area contributed by atoms with Crippen LogP contribution in [0.25, 0.3) is 0 Å². The molecule has 0 aromatic carbocycles. The summed E-state index contributed by atoms with van der Waals surface area (Å²) < 4.78 is 26.7. The Morgan fingerprint density at radius 1 is 0.627 bits per heavy atom. The van der Waals surface area contributed by atoms with E-state index >= 15 is 0 Å². The van der Waals surface area contributed by atoms with Crippen LogP contribution in [0, 0.1) is 0 Å². The molecule has 0 aromatic heterocycles. The van der Waals surface area contributed by atoms with Crippen LogP contribution in [0.15, 0.2) is 72.9 Å². The van der Waals surface area contributed by atoms with E-state index in [1.807, 2.05) is 0 Å². The van der Waals surface area contributed by atoms with E-state index in [4.69, 9.17) is 13.8 Å². The Morgan fingerprint density at radius 3 is 1.71 bits per heavy atom. The maximum Gasteiger partial charge on any atom is 0.472 e. The number of hydrogen-bond donors (Lipinski definition) is 3. The zero-order chi connectivity index (χ0) is 37.5. The highest BCUT2D eigenvalue weighted by molar-refractivity contribution is 7.47. The quantitative estimate of drug-likeness (QED) is 0.0254. The van der Waals surface area contributed by atoms with Gasteiger partial charge in [-0.1, -0.05) is 119 Å². The fourth-order valence-electron chi connectivity index (χ4n) is 4.69. The topological polar surface area (TPSA) is 131 Å². The molecule has 0 aliphatic carbocycles. The SMILES string of the molecule is CC/C=C\C/C=C\C/C=C\C/C=C\CCCCC(=O)OCC(O)COP(=O)(O)OCCNC(=O)CCCCCCC/C=C\C/C=C\CCCCC. The van der Waals surface area contributed by atoms with Gasteiger partial charge in [0.15, 0.2) is 0 Å². The third kappa shape index (κ3) is 38.5. The van der Waals surface area contributed by atoms with Crippen molar-refractivity contribution < 1.29 is 37.9 Å². The molecule has 1 amide bonds. The van der Waals surface area contributed by atoms with E-state index in [9.17, 15) is 24.2 Å². The Morgan fingerprint density at radius 2 is 1.12 bits per heavy atom. The number of unbranched alkanes of at least 4 members (excludes halogenated alkanes) is 10. The summed E-state index contributed by atoms with van der Waals surface area (Å²) in [6, 6.07) is 0. The lowest BCUT2D eigenvalue weighted by molar-refractivity contribution is -0.147. The van der Waals surface area contributed by atoms with Gasteiger partial charge in [0.25, 0.3) is 0 Å². The molecule has 0 fully saturated rings. The third-order valence-electron chi connectivity index (χ3n) is 7.62. The number of hydrogen-bond acceptors (Lipinski definition) is 7. The van der Waals surface area contributed by atoms with Crippen molar-refractivity contribution in [2.24, 2.45) is 0 Å². The number of carbonyl (C=O) groups excluding carboxylic acids is 2. The zero-order valence-corrected chi connectivity index (χ0v) is 32.7. The predicted octanol–water partition coefficient (Wildman–Crippen LogP) is 10.3. The standard InChI is InChI=1S/C41H70NO8P/c1-3-5-7-9-11-13-15-17-19-21-23-25-27-29-31-33-40(44)42-35-36-49-51(46,47)50-38-39(43)37-48-41(45)34-32-30-28-26-24-22-20-18-16-14-12-10-8-6-4-2/h6,8,11-14,17-20,24,26,39,43H,3-5,7,9-10,15-16,21-23,25,27-38H2,1-2H3,(H,42,44)(H,46,47)/b8-6-,13-11-,14-12-,19-17-,20-18-,26-24-. The Balaban J connectivity index is 3.72. The first-order valence-corrected chi connectivity index (χ1v) is 20.9. The number of rotatable bonds is 35. The van der Waals surface area contributed by atoms with E-state index in [0.717, 1.165) is 83.5 Å². The average Bonchev–Trinajstić information content (AvgIpc) is 3.11. The fourth-order valence-corrected chi connectivity index (χ4v) is 5.45. The Labute approximate surface area is 310 Å². The van der Waals surface area contributed by atoms with Gasteiger partial charge in [0.1, 0.15) is 12.7 Å². The number of aliphatic hydroxyl groups is 1. The van der Waals surface area contributed by atoms with E-state index in [0.29, 0.717) is 12.8 Å². The number of ether oxygens (including phenoxy) is 1. The minimum Gasteiger partial charge on any atom is -0.463 e. The highest BCUT2D eigenvalue weighted by atomic mass is 31.2. The van der Waals surface area contributed by atoms with Crippen LogP contribution in [0.4, 0.5) is 0 Å². The van der Waals surface area contributed by atoms with Gasteiger partial charge in [0.2, 0.25) is 5.91 Å². The van der Waals surface area contributed by atoms with Gasteiger partial charge in [-0.2, -0.15) is 0 Å². The van der Waals surface area contributed by atoms with E-state index in [1.165, 1.54) is 25.7 Å². The van der Waals surface area contributed by atoms with Gasteiger partial charge in [0, 0.05) is 19.4 Å². The number of nitrogens with one attached hydrogen (secondary N) is 1. The van der Waals surface area contributed by atoms with E-state index in [-0.39, 0.29) is 32.1 Å². The molecule has 0 rings (SSSR count). The summed E-state index contributed by atoms with van der Waals surface area (Å²) in [6.45, 7) is 3.31. The molecule has 0 saturated heterocycles. The molecule has 0 radical (unpaired) electrons. The van der Waals surface area contributed by atoms with Gasteiger partial charge >= 0.3 is 13.8 Å². The van der Waals surface area contributed by atoms with Crippen molar-refractivity contribution in [1.82, 2.24) is 5.32 Å². The highest BCUT2D eigenvalue weighted by Gasteiger charge is 2.23. The Hall–Kier alpha value is -2.55. The maximum absolute atomic E-state index is 12.1. The Kier molecular flexibility index (Phi) is 35.4. The molecule has 9 nitrogen and oxygen atoms in total. The highest BCUT2D eigenvalue weighted by Crippen LogP contribution is 2.42. The van der Waals surface area contributed by atoms with Crippen molar-refractivity contribution in [1.29, 1.82) is 0 Å². The minimum absolute atomic E-state index is 0.0649. The lowest BCUT2D eigenvalue weighted by atomic mass is 10.1. The number of allylic oxidation sites excluding steroid dienone is 12. The molecule has 2 atom stereocenters. The molecular weight excluding hydrogens is 665 g/mol. The molecule has 0 aliphatic rings. The van der Waals surface area contributed by atoms with Crippen LogP contribution in [-0.2, 0) is 27.9 Å². The van der Waals surface area contributed by atoms with Crippen LogP contribution >= 0.6 is 7.82 Å². The summed E-state index contributed by atoms with van der Waals surface area (Å²) in [5.41, 5.74) is 0. The molecule has 0 bridgehead atoms. The lowest BCUT2D eigenvalue weighted by Crippen LogP contribution is -2.27. The first-order chi connectivity index (χ1) is 24.8. The minimum atomic E-state index is -4.43. The van der Waals surface area contributed by atoms with Gasteiger partial charge < -0.3 is 20.1 Å². The molecule has 0 aliphatic heterocycles. The average molecular weight is 736 g/mol. The van der Waals surface area contributed by atoms with Crippen LogP contribution in [0.2, 0.25) is 0 Å². The van der Waals surface area contributed by atoms with Crippen LogP contribution < -0.4 is 5.32 Å². The molecule has 0 saturated carbocycles. The van der Waals surface area contributed by atoms with E-state index < -0.39 is 26.5 Å². The normalized spacial score (nSPS) is 14.2. The summed E-state index contributed by atoms with van der Waals surface area (Å²) in [5, 5.41) is 12.6. The van der Waals surface area contributed by atoms with Gasteiger partial charge in [-0.05, 0) is 83.5 Å². The molecule has 0 heterocycles. The summed E-state index contributed by atoms with van der Waals surface area (Å²) in [5.74, 6) is -0.580. The molecule has 2 unspecified atom stereocenters. The van der Waals surface area contributed by atoms with Crippen molar-refractivity contribution >= 4 is 19.7 Å². The lowest BCUT2D eigenvalue weighted by Gasteiger charge is -2.15. The van der Waals surface area contributed by atoms with Crippen LogP contribution in [0.5, 0.6) is 0 Å². The zero-order valence-electron chi connectivity index (χ0n) is 31.8.